The van der Waals surface area contributed by atoms with Gasteiger partial charge in [0, 0.05) is 19.1 Å². The molecule has 0 aliphatic heterocycles. The average Bonchev–Trinajstić information content (AvgIpc) is 2.29. The Labute approximate surface area is 102 Å². The molecule has 1 saturated carbocycles. The molecule has 17 heavy (non-hydrogen) atoms. The normalized spacial score (nSPS) is 21.4. The molecule has 0 aromatic rings. The number of aliphatic hydroxyl groups excluding tert-OH is 1. The van der Waals surface area contributed by atoms with E-state index in [4.69, 9.17) is 10.2 Å². The maximum atomic E-state index is 10.9. The Kier molecular flexibility index (Phi) is 5.36. The number of nitrogens with zero attached hydrogens (tertiary/aromatic N) is 1. The molecule has 0 saturated heterocycles. The lowest BCUT2D eigenvalue weighted by molar-refractivity contribution is -0.159. The van der Waals surface area contributed by atoms with Crippen molar-refractivity contribution in [1.29, 1.82) is 0 Å². The first-order valence-electron chi connectivity index (χ1n) is 6.28. The Morgan fingerprint density at radius 3 is 2.41 bits per heavy atom. The minimum absolute atomic E-state index is 0.00774. The van der Waals surface area contributed by atoms with Crippen LogP contribution in [-0.2, 0) is 4.79 Å². The number of carboxylic acids is 1. The van der Waals surface area contributed by atoms with E-state index in [0.29, 0.717) is 12.6 Å². The van der Waals surface area contributed by atoms with Crippen molar-refractivity contribution in [3.63, 3.8) is 0 Å². The van der Waals surface area contributed by atoms with Gasteiger partial charge in [0.1, 0.15) is 0 Å². The molecule has 0 amide bonds. The summed E-state index contributed by atoms with van der Waals surface area (Å²) in [7, 11) is 0. The van der Waals surface area contributed by atoms with E-state index in [0.717, 1.165) is 25.7 Å². The van der Waals surface area contributed by atoms with Crippen LogP contribution >= 0.6 is 0 Å². The summed E-state index contributed by atoms with van der Waals surface area (Å²) in [6.45, 7) is 1.80. The van der Waals surface area contributed by atoms with Gasteiger partial charge in [0.15, 0.2) is 5.60 Å². The molecule has 1 atom stereocenters. The van der Waals surface area contributed by atoms with Gasteiger partial charge < -0.3 is 15.3 Å². The van der Waals surface area contributed by atoms with Gasteiger partial charge in [-0.3, -0.25) is 4.90 Å². The highest BCUT2D eigenvalue weighted by Crippen LogP contribution is 2.23. The minimum atomic E-state index is -1.74. The maximum absolute atomic E-state index is 10.9. The molecule has 3 N–H and O–H groups in total. The van der Waals surface area contributed by atoms with Crippen LogP contribution < -0.4 is 0 Å². The standard InChI is InChI=1S/C12H23NO4/c1-12(17,11(15)16)9-13(7-8-14)10-5-3-2-4-6-10/h10,14,17H,2-9H2,1H3,(H,15,16). The Bertz CT molecular complexity index is 249. The van der Waals surface area contributed by atoms with E-state index in [9.17, 15) is 9.90 Å². The smallest absolute Gasteiger partial charge is 0.336 e. The SMILES string of the molecule is CC(O)(CN(CCO)C1CCCCC1)C(=O)O. The third-order valence-corrected chi connectivity index (χ3v) is 3.45. The largest absolute Gasteiger partial charge is 0.479 e. The number of carboxylic acid groups (broad SMARTS) is 1. The summed E-state index contributed by atoms with van der Waals surface area (Å²) in [5.74, 6) is -1.21. The van der Waals surface area contributed by atoms with E-state index in [1.165, 1.54) is 13.3 Å². The average molecular weight is 245 g/mol. The molecule has 0 bridgehead atoms. The molecule has 1 unspecified atom stereocenters. The highest BCUT2D eigenvalue weighted by molar-refractivity contribution is 5.76. The zero-order valence-corrected chi connectivity index (χ0v) is 10.4. The molecule has 1 aliphatic carbocycles. The van der Waals surface area contributed by atoms with Crippen LogP contribution in [0.1, 0.15) is 39.0 Å². The van der Waals surface area contributed by atoms with Crippen LogP contribution in [0.4, 0.5) is 0 Å². The number of aliphatic carboxylic acids is 1. The number of hydrogen-bond donors (Lipinski definition) is 3. The zero-order valence-electron chi connectivity index (χ0n) is 10.4. The van der Waals surface area contributed by atoms with Gasteiger partial charge in [-0.15, -0.1) is 0 Å². The zero-order chi connectivity index (χ0) is 12.9. The van der Waals surface area contributed by atoms with Crippen molar-refractivity contribution in [2.75, 3.05) is 19.7 Å². The molecule has 1 rings (SSSR count). The van der Waals surface area contributed by atoms with E-state index < -0.39 is 11.6 Å². The molecular weight excluding hydrogens is 222 g/mol. The van der Waals surface area contributed by atoms with Gasteiger partial charge in [0.05, 0.1) is 6.61 Å². The maximum Gasteiger partial charge on any atom is 0.336 e. The second kappa shape index (κ2) is 6.33. The van der Waals surface area contributed by atoms with Crippen LogP contribution in [0.15, 0.2) is 0 Å². The lowest BCUT2D eigenvalue weighted by Crippen LogP contribution is -2.51. The van der Waals surface area contributed by atoms with Gasteiger partial charge in [0.25, 0.3) is 0 Å². The lowest BCUT2D eigenvalue weighted by atomic mass is 9.93. The molecule has 1 aliphatic rings. The molecule has 5 heteroatoms. The van der Waals surface area contributed by atoms with E-state index in [1.54, 1.807) is 0 Å². The lowest BCUT2D eigenvalue weighted by Gasteiger charge is -2.37. The monoisotopic (exact) mass is 245 g/mol. The van der Waals surface area contributed by atoms with Crippen LogP contribution in [-0.4, -0.2) is 57.5 Å². The van der Waals surface area contributed by atoms with Crippen molar-refractivity contribution in [3.05, 3.63) is 0 Å². The predicted molar refractivity (Wildman–Crippen MR) is 63.8 cm³/mol. The second-order valence-corrected chi connectivity index (χ2v) is 5.06. The Morgan fingerprint density at radius 2 is 1.94 bits per heavy atom. The molecule has 0 aromatic heterocycles. The van der Waals surface area contributed by atoms with Crippen LogP contribution in [0.2, 0.25) is 0 Å². The van der Waals surface area contributed by atoms with Crippen LogP contribution in [0, 0.1) is 0 Å². The number of hydrogen-bond acceptors (Lipinski definition) is 4. The van der Waals surface area contributed by atoms with Gasteiger partial charge in [-0.25, -0.2) is 4.79 Å². The molecular formula is C12H23NO4. The molecule has 0 heterocycles. The fourth-order valence-corrected chi connectivity index (χ4v) is 2.43. The predicted octanol–water partition coefficient (Wildman–Crippen LogP) is 0.449. The Morgan fingerprint density at radius 1 is 1.35 bits per heavy atom. The van der Waals surface area contributed by atoms with Gasteiger partial charge in [0.2, 0.25) is 0 Å². The summed E-state index contributed by atoms with van der Waals surface area (Å²) in [5.41, 5.74) is -1.74. The first-order chi connectivity index (χ1) is 7.97. The number of aliphatic hydroxyl groups is 2. The van der Waals surface area contributed by atoms with E-state index in [-0.39, 0.29) is 13.2 Å². The van der Waals surface area contributed by atoms with Crippen molar-refractivity contribution in [1.82, 2.24) is 4.90 Å². The van der Waals surface area contributed by atoms with Gasteiger partial charge >= 0.3 is 5.97 Å². The quantitative estimate of drug-likeness (QED) is 0.633. The third kappa shape index (κ3) is 4.26. The van der Waals surface area contributed by atoms with Gasteiger partial charge in [-0.05, 0) is 19.8 Å². The molecule has 1 fully saturated rings. The van der Waals surface area contributed by atoms with Gasteiger partial charge in [-0.1, -0.05) is 19.3 Å². The van der Waals surface area contributed by atoms with Crippen LogP contribution in [0.5, 0.6) is 0 Å². The van der Waals surface area contributed by atoms with E-state index in [1.807, 2.05) is 4.90 Å². The van der Waals surface area contributed by atoms with E-state index in [2.05, 4.69) is 0 Å². The molecule has 0 aromatic carbocycles. The summed E-state index contributed by atoms with van der Waals surface area (Å²) < 4.78 is 0. The fraction of sp³-hybridized carbons (Fsp3) is 0.917. The summed E-state index contributed by atoms with van der Waals surface area (Å²) in [6.07, 6.45) is 5.55. The summed E-state index contributed by atoms with van der Waals surface area (Å²) in [5, 5.41) is 27.7. The van der Waals surface area contributed by atoms with Crippen molar-refractivity contribution < 1.29 is 20.1 Å². The second-order valence-electron chi connectivity index (χ2n) is 5.06. The van der Waals surface area contributed by atoms with Crippen LogP contribution in [0.3, 0.4) is 0 Å². The minimum Gasteiger partial charge on any atom is -0.479 e. The summed E-state index contributed by atoms with van der Waals surface area (Å²) >= 11 is 0. The van der Waals surface area contributed by atoms with Crippen molar-refractivity contribution in [2.45, 2.75) is 50.7 Å². The first-order valence-corrected chi connectivity index (χ1v) is 6.28. The first kappa shape index (κ1) is 14.4. The van der Waals surface area contributed by atoms with E-state index >= 15 is 0 Å². The third-order valence-electron chi connectivity index (χ3n) is 3.45. The Hall–Kier alpha value is -0.650. The van der Waals surface area contributed by atoms with Crippen molar-refractivity contribution in [3.8, 4) is 0 Å². The molecule has 5 nitrogen and oxygen atoms in total. The van der Waals surface area contributed by atoms with Gasteiger partial charge in [-0.2, -0.15) is 0 Å². The Balaban J connectivity index is 2.61. The summed E-state index contributed by atoms with van der Waals surface area (Å²) in [4.78, 5) is 12.8. The molecule has 100 valence electrons. The van der Waals surface area contributed by atoms with Crippen molar-refractivity contribution in [2.24, 2.45) is 0 Å². The highest BCUT2D eigenvalue weighted by Gasteiger charge is 2.34. The van der Waals surface area contributed by atoms with Crippen LogP contribution in [0.25, 0.3) is 0 Å². The highest BCUT2D eigenvalue weighted by atomic mass is 16.4. The molecule has 0 spiro atoms. The fourth-order valence-electron chi connectivity index (χ4n) is 2.43. The van der Waals surface area contributed by atoms with Crippen molar-refractivity contribution >= 4 is 5.97 Å². The summed E-state index contributed by atoms with van der Waals surface area (Å²) in [6, 6.07) is 0.293. The molecule has 0 radical (unpaired) electrons. The number of carbonyl (C=O) groups is 1. The topological polar surface area (TPSA) is 81.0 Å². The number of rotatable bonds is 6.